The van der Waals surface area contributed by atoms with Crippen molar-refractivity contribution in [2.45, 2.75) is 6.18 Å². The molecule has 0 saturated carbocycles. The average Bonchev–Trinajstić information content (AvgIpc) is 2.66. The van der Waals surface area contributed by atoms with Gasteiger partial charge in [0.1, 0.15) is 0 Å². The van der Waals surface area contributed by atoms with Crippen LogP contribution in [0.3, 0.4) is 0 Å². The lowest BCUT2D eigenvalue weighted by Crippen LogP contribution is -2.05. The summed E-state index contributed by atoms with van der Waals surface area (Å²) in [6.45, 7) is 0. The zero-order chi connectivity index (χ0) is 11.8. The summed E-state index contributed by atoms with van der Waals surface area (Å²) in [5.41, 5.74) is 4.59. The van der Waals surface area contributed by atoms with E-state index in [0.717, 1.165) is 10.9 Å². The highest BCUT2D eigenvalue weighted by Gasteiger charge is 2.32. The molecule has 8 heteroatoms. The third kappa shape index (κ3) is 1.81. The Labute approximate surface area is 87.7 Å². The molecule has 84 valence electrons. The monoisotopic (exact) mass is 229 g/mol. The second-order valence-corrected chi connectivity index (χ2v) is 2.94. The Morgan fingerprint density at radius 3 is 2.44 bits per heavy atom. The number of nitrogens with two attached hydrogens (primary N) is 1. The first-order valence-corrected chi connectivity index (χ1v) is 4.17. The Morgan fingerprint density at radius 1 is 1.19 bits per heavy atom. The topological polar surface area (TPSA) is 69.6 Å². The molecule has 2 rings (SSSR count). The van der Waals surface area contributed by atoms with Crippen LogP contribution in [0.2, 0.25) is 0 Å². The Kier molecular flexibility index (Phi) is 2.26. The molecule has 0 aliphatic rings. The Morgan fingerprint density at radius 2 is 1.88 bits per heavy atom. The van der Waals surface area contributed by atoms with Gasteiger partial charge >= 0.3 is 6.18 Å². The molecule has 0 aliphatic heterocycles. The average molecular weight is 229 g/mol. The maximum Gasteiger partial charge on any atom is 0.419 e. The summed E-state index contributed by atoms with van der Waals surface area (Å²) in [5, 5.41) is 3.53. The van der Waals surface area contributed by atoms with Gasteiger partial charge in [0.25, 0.3) is 0 Å². The summed E-state index contributed by atoms with van der Waals surface area (Å²) in [6, 6.07) is 0. The zero-order valence-corrected chi connectivity index (χ0v) is 7.81. The predicted octanol–water partition coefficient (Wildman–Crippen LogP) is 1.26. The molecule has 0 radical (unpaired) electrons. The van der Waals surface area contributed by atoms with Crippen molar-refractivity contribution in [1.29, 1.82) is 0 Å². The maximum atomic E-state index is 12.3. The number of nitrogen functional groups attached to an aromatic ring is 1. The minimum Gasteiger partial charge on any atom is -0.381 e. The number of rotatable bonds is 1. The number of aromatic nitrogens is 4. The third-order valence-electron chi connectivity index (χ3n) is 1.83. The van der Waals surface area contributed by atoms with Crippen LogP contribution in [0.5, 0.6) is 0 Å². The molecule has 2 heterocycles. The van der Waals surface area contributed by atoms with Gasteiger partial charge in [-0.05, 0) is 0 Å². The lowest BCUT2D eigenvalue weighted by molar-refractivity contribution is -0.137. The molecule has 2 aromatic rings. The fraction of sp³-hybridized carbons (Fsp3) is 0.125. The van der Waals surface area contributed by atoms with Crippen molar-refractivity contribution < 1.29 is 13.2 Å². The molecule has 0 saturated heterocycles. The van der Waals surface area contributed by atoms with Crippen LogP contribution in [-0.2, 0) is 6.18 Å². The molecule has 0 unspecified atom stereocenters. The normalized spacial score (nSPS) is 11.7. The van der Waals surface area contributed by atoms with Crippen LogP contribution in [0.15, 0.2) is 24.8 Å². The third-order valence-corrected chi connectivity index (χ3v) is 1.83. The van der Waals surface area contributed by atoms with Crippen molar-refractivity contribution in [3.8, 4) is 5.82 Å². The van der Waals surface area contributed by atoms with Gasteiger partial charge in [-0.3, -0.25) is 0 Å². The fourth-order valence-corrected chi connectivity index (χ4v) is 1.10. The minimum absolute atomic E-state index is 0.0133. The van der Waals surface area contributed by atoms with Gasteiger partial charge in [-0.1, -0.05) is 0 Å². The molecule has 0 bridgehead atoms. The first kappa shape index (κ1) is 10.4. The Hall–Kier alpha value is -2.12. The molecule has 2 aromatic heterocycles. The van der Waals surface area contributed by atoms with E-state index >= 15 is 0 Å². The minimum atomic E-state index is -4.44. The van der Waals surface area contributed by atoms with Crippen LogP contribution in [-0.4, -0.2) is 19.7 Å². The molecule has 0 aromatic carbocycles. The molecule has 2 N–H and O–H groups in total. The first-order valence-electron chi connectivity index (χ1n) is 4.17. The van der Waals surface area contributed by atoms with Gasteiger partial charge in [0.15, 0.2) is 11.6 Å². The van der Waals surface area contributed by atoms with Gasteiger partial charge in [0, 0.05) is 18.6 Å². The van der Waals surface area contributed by atoms with E-state index in [2.05, 4.69) is 15.1 Å². The smallest absolute Gasteiger partial charge is 0.381 e. The number of hydrogen-bond acceptors (Lipinski definition) is 4. The van der Waals surface area contributed by atoms with E-state index in [1.54, 1.807) is 0 Å². The lowest BCUT2D eigenvalue weighted by Gasteiger charge is -2.02. The highest BCUT2D eigenvalue weighted by Crippen LogP contribution is 2.29. The van der Waals surface area contributed by atoms with Crippen molar-refractivity contribution in [1.82, 2.24) is 19.7 Å². The van der Waals surface area contributed by atoms with E-state index in [0.29, 0.717) is 6.20 Å². The summed E-state index contributed by atoms with van der Waals surface area (Å²) in [6.07, 6.45) is -0.267. The van der Waals surface area contributed by atoms with Gasteiger partial charge < -0.3 is 5.73 Å². The summed E-state index contributed by atoms with van der Waals surface area (Å²) < 4.78 is 37.8. The fourth-order valence-electron chi connectivity index (χ4n) is 1.10. The van der Waals surface area contributed by atoms with E-state index < -0.39 is 11.7 Å². The van der Waals surface area contributed by atoms with E-state index in [1.807, 2.05) is 0 Å². The highest BCUT2D eigenvalue weighted by molar-refractivity contribution is 5.45. The van der Waals surface area contributed by atoms with Crippen LogP contribution in [0.25, 0.3) is 5.82 Å². The molecule has 0 fully saturated rings. The zero-order valence-electron chi connectivity index (χ0n) is 7.81. The van der Waals surface area contributed by atoms with Crippen molar-refractivity contribution >= 4 is 5.82 Å². The van der Waals surface area contributed by atoms with Gasteiger partial charge in [0.05, 0.1) is 11.8 Å². The Bertz CT molecular complexity index is 504. The molecule has 0 spiro atoms. The van der Waals surface area contributed by atoms with Gasteiger partial charge in [-0.25, -0.2) is 14.6 Å². The quantitative estimate of drug-likeness (QED) is 0.799. The molecular formula is C8H6F3N5. The van der Waals surface area contributed by atoms with Crippen LogP contribution < -0.4 is 5.73 Å². The molecule has 0 aliphatic carbocycles. The van der Waals surface area contributed by atoms with E-state index in [1.165, 1.54) is 12.4 Å². The molecule has 0 atom stereocenters. The second-order valence-electron chi connectivity index (χ2n) is 2.94. The van der Waals surface area contributed by atoms with E-state index in [4.69, 9.17) is 5.73 Å². The number of halogens is 3. The summed E-state index contributed by atoms with van der Waals surface area (Å²) >= 11 is 0. The van der Waals surface area contributed by atoms with Gasteiger partial charge in [-0.2, -0.15) is 18.3 Å². The number of anilines is 1. The Balaban J connectivity index is 2.44. The first-order chi connectivity index (χ1) is 7.48. The summed E-state index contributed by atoms with van der Waals surface area (Å²) in [4.78, 5) is 7.49. The van der Waals surface area contributed by atoms with Gasteiger partial charge in [-0.15, -0.1) is 0 Å². The van der Waals surface area contributed by atoms with Crippen LogP contribution >= 0.6 is 0 Å². The molecule has 16 heavy (non-hydrogen) atoms. The number of hydrogen-bond donors (Lipinski definition) is 1. The van der Waals surface area contributed by atoms with Crippen molar-refractivity contribution in [3.05, 3.63) is 30.4 Å². The van der Waals surface area contributed by atoms with Crippen LogP contribution in [0, 0.1) is 0 Å². The molecular weight excluding hydrogens is 223 g/mol. The van der Waals surface area contributed by atoms with E-state index in [-0.39, 0.29) is 11.6 Å². The largest absolute Gasteiger partial charge is 0.419 e. The maximum absolute atomic E-state index is 12.3. The van der Waals surface area contributed by atoms with Crippen LogP contribution in [0.1, 0.15) is 5.56 Å². The molecule has 0 amide bonds. The standard InChI is InChI=1S/C8H6F3N5/c9-8(10,11)5-3-15-16(4-5)7-6(12)13-1-2-14-7/h1-4H,(H2,12,13). The predicted molar refractivity (Wildman–Crippen MR) is 48.6 cm³/mol. The van der Waals surface area contributed by atoms with Crippen LogP contribution in [0.4, 0.5) is 19.0 Å². The number of alkyl halides is 3. The van der Waals surface area contributed by atoms with Crippen molar-refractivity contribution in [2.24, 2.45) is 0 Å². The lowest BCUT2D eigenvalue weighted by atomic mass is 10.4. The van der Waals surface area contributed by atoms with E-state index in [9.17, 15) is 13.2 Å². The highest BCUT2D eigenvalue weighted by atomic mass is 19.4. The van der Waals surface area contributed by atoms with Crippen molar-refractivity contribution in [3.63, 3.8) is 0 Å². The summed E-state index contributed by atoms with van der Waals surface area (Å²) in [7, 11) is 0. The van der Waals surface area contributed by atoms with Crippen molar-refractivity contribution in [2.75, 3.05) is 5.73 Å². The SMILES string of the molecule is Nc1nccnc1-n1cc(C(F)(F)F)cn1. The van der Waals surface area contributed by atoms with Gasteiger partial charge in [0.2, 0.25) is 0 Å². The number of nitrogens with zero attached hydrogens (tertiary/aromatic N) is 4. The molecule has 5 nitrogen and oxygen atoms in total. The summed E-state index contributed by atoms with van der Waals surface area (Å²) in [5.74, 6) is 0.0809. The second kappa shape index (κ2) is 3.47.